The van der Waals surface area contributed by atoms with E-state index in [9.17, 15) is 40.3 Å². The molecule has 0 aliphatic rings. The van der Waals surface area contributed by atoms with Gasteiger partial charge in [-0.3, -0.25) is 4.79 Å². The number of amides is 1. The van der Waals surface area contributed by atoms with Crippen LogP contribution in [0.1, 0.15) is 53.7 Å². The van der Waals surface area contributed by atoms with E-state index in [4.69, 9.17) is 16.3 Å². The van der Waals surface area contributed by atoms with Crippen molar-refractivity contribution in [3.8, 4) is 0 Å². The highest BCUT2D eigenvalue weighted by atomic mass is 79.9. The smallest absolute Gasteiger partial charge is 0.417 e. The van der Waals surface area contributed by atoms with Crippen LogP contribution in [-0.2, 0) is 10.9 Å². The summed E-state index contributed by atoms with van der Waals surface area (Å²) in [5, 5.41) is 0.103. The van der Waals surface area contributed by atoms with Gasteiger partial charge in [0.05, 0.1) is 17.1 Å². The maximum absolute atomic E-state index is 15.0. The Morgan fingerprint density at radius 2 is 1.66 bits per heavy atom. The van der Waals surface area contributed by atoms with Crippen LogP contribution in [0.25, 0.3) is 5.83 Å². The van der Waals surface area contributed by atoms with Crippen molar-refractivity contribution in [1.29, 1.82) is 0 Å². The summed E-state index contributed by atoms with van der Waals surface area (Å²) in [6.07, 6.45) is -11.0. The van der Waals surface area contributed by atoms with Gasteiger partial charge in [-0.2, -0.15) is 26.3 Å². The third-order valence-corrected chi connectivity index (χ3v) is 6.17. The number of rotatable bonds is 6. The summed E-state index contributed by atoms with van der Waals surface area (Å²) >= 11 is 8.78. The van der Waals surface area contributed by atoms with Crippen LogP contribution in [0.2, 0.25) is 5.02 Å². The fourth-order valence-electron chi connectivity index (χ4n) is 3.20. The molecule has 0 fully saturated rings. The fourth-order valence-corrected chi connectivity index (χ4v) is 3.72. The van der Waals surface area contributed by atoms with Crippen molar-refractivity contribution in [2.45, 2.75) is 44.6 Å². The molecule has 2 rings (SSSR count). The van der Waals surface area contributed by atoms with Gasteiger partial charge >= 0.3 is 18.4 Å². The largest absolute Gasteiger partial charge is 0.444 e. The van der Waals surface area contributed by atoms with Crippen molar-refractivity contribution in [2.24, 2.45) is 0 Å². The van der Waals surface area contributed by atoms with Gasteiger partial charge in [0.2, 0.25) is 0 Å². The molecule has 0 bridgehead atoms. The molecule has 2 aromatic carbocycles. The lowest BCUT2D eigenvalue weighted by molar-refractivity contribution is -0.140. The van der Waals surface area contributed by atoms with Crippen molar-refractivity contribution in [3.63, 3.8) is 0 Å². The van der Waals surface area contributed by atoms with Gasteiger partial charge in [-0.1, -0.05) is 29.8 Å². The maximum atomic E-state index is 15.0. The number of carbonyl (C=O) groups is 2. The molecule has 0 aromatic heterocycles. The van der Waals surface area contributed by atoms with Gasteiger partial charge in [0.15, 0.2) is 5.78 Å². The number of ether oxygens (including phenoxy) is 1. The topological polar surface area (TPSA) is 46.6 Å². The monoisotopic (exact) mass is 631 g/mol. The van der Waals surface area contributed by atoms with Crippen LogP contribution in [0, 0.1) is 0 Å². The normalized spacial score (nSPS) is 13.8. The number of halogens is 9. The quantitative estimate of drug-likeness (QED) is 0.236. The molecule has 0 heterocycles. The Balaban J connectivity index is 2.47. The third-order valence-electron chi connectivity index (χ3n) is 4.96. The molecule has 0 saturated heterocycles. The molecule has 1 atom stereocenters. The molecule has 0 radical (unpaired) electrons. The number of nitrogens with zero attached hydrogens (tertiary/aromatic N) is 1. The molecular formula is C25H22BrClF7NO3. The molecule has 0 aliphatic heterocycles. The summed E-state index contributed by atoms with van der Waals surface area (Å²) in [5.41, 5.74) is -4.61. The summed E-state index contributed by atoms with van der Waals surface area (Å²) in [7, 11) is 1.14. The van der Waals surface area contributed by atoms with E-state index in [1.54, 1.807) is 20.8 Å². The number of likely N-dealkylation sites (N-methyl/N-ethyl adjacent to an activating group) is 1. The Hall–Kier alpha value is -2.60. The first-order valence-corrected chi connectivity index (χ1v) is 12.0. The van der Waals surface area contributed by atoms with E-state index in [0.29, 0.717) is 6.07 Å². The molecule has 4 nitrogen and oxygen atoms in total. The Bertz CT molecular complexity index is 1240. The van der Waals surface area contributed by atoms with Crippen LogP contribution in [-0.4, -0.2) is 42.1 Å². The Morgan fingerprint density at radius 3 is 2.16 bits per heavy atom. The summed E-state index contributed by atoms with van der Waals surface area (Å²) < 4.78 is 103. The highest BCUT2D eigenvalue weighted by Gasteiger charge is 2.41. The Kier molecular flexibility index (Phi) is 9.69. The predicted octanol–water partition coefficient (Wildman–Crippen LogP) is 8.83. The van der Waals surface area contributed by atoms with Crippen molar-refractivity contribution in [2.75, 3.05) is 13.6 Å². The van der Waals surface area contributed by atoms with Crippen LogP contribution < -0.4 is 0 Å². The number of hydrogen-bond donors (Lipinski definition) is 0. The molecule has 0 N–H and O–H groups in total. The van der Waals surface area contributed by atoms with Crippen LogP contribution in [0.5, 0.6) is 0 Å². The van der Waals surface area contributed by atoms with Gasteiger partial charge in [0, 0.05) is 22.6 Å². The van der Waals surface area contributed by atoms with Crippen LogP contribution >= 0.6 is 27.5 Å². The summed E-state index contributed by atoms with van der Waals surface area (Å²) in [6, 6.07) is 4.85. The van der Waals surface area contributed by atoms with Crippen molar-refractivity contribution in [3.05, 3.63) is 74.2 Å². The lowest BCUT2D eigenvalue weighted by atomic mass is 9.95. The summed E-state index contributed by atoms with van der Waals surface area (Å²) in [4.78, 5) is 25.4. The van der Waals surface area contributed by atoms with Gasteiger partial charge in [0.25, 0.3) is 0 Å². The number of alkyl halides is 6. The SMILES string of the molecule is CN(CC(=O)c1ccc(/C(F)=C/C(c2ccc(Cl)c(Br)c2)C(F)(F)F)cc1C(F)(F)F)C(=O)OC(C)(C)C. The molecule has 1 amide bonds. The predicted molar refractivity (Wildman–Crippen MR) is 132 cm³/mol. The third kappa shape index (κ3) is 8.45. The second-order valence-electron chi connectivity index (χ2n) is 9.23. The zero-order valence-electron chi connectivity index (χ0n) is 20.4. The average Bonchev–Trinajstić information content (AvgIpc) is 2.76. The highest BCUT2D eigenvalue weighted by molar-refractivity contribution is 9.10. The second-order valence-corrected chi connectivity index (χ2v) is 10.5. The number of carbonyl (C=O) groups excluding carboxylic acids is 2. The van der Waals surface area contributed by atoms with Gasteiger partial charge < -0.3 is 9.64 Å². The van der Waals surface area contributed by atoms with Crippen molar-refractivity contribution < 1.29 is 45.1 Å². The second kappa shape index (κ2) is 11.6. The van der Waals surface area contributed by atoms with E-state index in [-0.39, 0.29) is 21.6 Å². The van der Waals surface area contributed by atoms with Gasteiger partial charge in [0.1, 0.15) is 17.3 Å². The van der Waals surface area contributed by atoms with Crippen LogP contribution in [0.3, 0.4) is 0 Å². The maximum Gasteiger partial charge on any atom is 0.417 e. The first-order chi connectivity index (χ1) is 17.2. The molecule has 0 spiro atoms. The van der Waals surface area contributed by atoms with E-state index in [0.717, 1.165) is 36.2 Å². The highest BCUT2D eigenvalue weighted by Crippen LogP contribution is 2.41. The number of Topliss-reactive ketones (excluding diaryl/α,β-unsaturated/α-hetero) is 1. The van der Waals surface area contributed by atoms with Crippen LogP contribution in [0.4, 0.5) is 35.5 Å². The number of ketones is 1. The van der Waals surface area contributed by atoms with E-state index in [1.165, 1.54) is 0 Å². The summed E-state index contributed by atoms with van der Waals surface area (Å²) in [5.74, 6) is -5.23. The molecule has 2 aromatic rings. The van der Waals surface area contributed by atoms with E-state index >= 15 is 0 Å². The minimum atomic E-state index is -5.16. The van der Waals surface area contributed by atoms with E-state index in [2.05, 4.69) is 15.9 Å². The molecular weight excluding hydrogens is 611 g/mol. The first-order valence-electron chi connectivity index (χ1n) is 10.8. The van der Waals surface area contributed by atoms with Crippen molar-refractivity contribution in [1.82, 2.24) is 4.90 Å². The molecule has 38 heavy (non-hydrogen) atoms. The molecule has 0 aliphatic carbocycles. The average molecular weight is 633 g/mol. The lowest BCUT2D eigenvalue weighted by Crippen LogP contribution is -2.37. The van der Waals surface area contributed by atoms with E-state index in [1.807, 2.05) is 0 Å². The lowest BCUT2D eigenvalue weighted by Gasteiger charge is -2.24. The van der Waals surface area contributed by atoms with Gasteiger partial charge in [-0.05, 0) is 66.5 Å². The molecule has 0 saturated carbocycles. The van der Waals surface area contributed by atoms with Crippen molar-refractivity contribution >= 4 is 45.2 Å². The standard InChI is InChI=1S/C25H22BrClF7NO3/c1-23(2,3)38-22(37)35(4)12-21(36)15-7-5-14(9-17(15)25(32,33)34)20(28)11-16(24(29,30)31)13-6-8-19(27)18(26)10-13/h5-11,16H,12H2,1-4H3/b20-11-. The van der Waals surface area contributed by atoms with E-state index < -0.39 is 70.4 Å². The number of hydrogen-bond acceptors (Lipinski definition) is 3. The minimum absolute atomic E-state index is 0.103. The number of allylic oxidation sites excluding steroid dienone is 1. The Morgan fingerprint density at radius 1 is 1.05 bits per heavy atom. The zero-order valence-corrected chi connectivity index (χ0v) is 22.7. The number of benzene rings is 2. The zero-order chi connectivity index (χ0) is 29.2. The van der Waals surface area contributed by atoms with Crippen LogP contribution in [0.15, 0.2) is 46.9 Å². The first kappa shape index (κ1) is 31.6. The van der Waals surface area contributed by atoms with Gasteiger partial charge in [-0.15, -0.1) is 0 Å². The van der Waals surface area contributed by atoms with Gasteiger partial charge in [-0.25, -0.2) is 9.18 Å². The fraction of sp³-hybridized carbons (Fsp3) is 0.360. The minimum Gasteiger partial charge on any atom is -0.444 e. The molecule has 1 unspecified atom stereocenters. The Labute approximate surface area is 227 Å². The summed E-state index contributed by atoms with van der Waals surface area (Å²) in [6.45, 7) is 3.87. The molecule has 208 valence electrons. The molecule has 13 heteroatoms.